The molecular formula is C26H29N5O2. The molecule has 1 spiro atoms. The van der Waals surface area contributed by atoms with E-state index in [1.54, 1.807) is 12.4 Å². The van der Waals surface area contributed by atoms with Crippen molar-refractivity contribution < 1.29 is 9.59 Å². The first kappa shape index (κ1) is 21.6. The van der Waals surface area contributed by atoms with E-state index in [-0.39, 0.29) is 11.8 Å². The molecule has 3 aromatic rings. The van der Waals surface area contributed by atoms with Gasteiger partial charge in [-0.1, -0.05) is 30.3 Å². The molecule has 0 radical (unpaired) electrons. The summed E-state index contributed by atoms with van der Waals surface area (Å²) >= 11 is 0. The van der Waals surface area contributed by atoms with E-state index in [1.165, 1.54) is 5.56 Å². The fourth-order valence-electron chi connectivity index (χ4n) is 4.99. The molecule has 2 aromatic carbocycles. The summed E-state index contributed by atoms with van der Waals surface area (Å²) in [5.74, 6) is 0.0914. The van der Waals surface area contributed by atoms with Gasteiger partial charge in [-0.2, -0.15) is 0 Å². The molecule has 2 fully saturated rings. The highest BCUT2D eigenvalue weighted by atomic mass is 16.2. The molecule has 3 heterocycles. The summed E-state index contributed by atoms with van der Waals surface area (Å²) in [4.78, 5) is 34.1. The standard InChI is InChI=1S/C26H29N5O2/c32-24(23-6-5-21-3-1-2-4-22(21)17-23)28-13-16-30-14-9-26(10-15-30)25(33)29-19-31(26)18-20-7-11-27-12-8-20/h1-8,11-12,17H,9-10,13-16,18-19H2,(H,28,32)(H,29,33). The summed E-state index contributed by atoms with van der Waals surface area (Å²) in [5.41, 5.74) is 1.41. The van der Waals surface area contributed by atoms with Gasteiger partial charge in [-0.3, -0.25) is 19.5 Å². The normalized spacial score (nSPS) is 18.5. The van der Waals surface area contributed by atoms with Gasteiger partial charge in [0, 0.05) is 50.7 Å². The van der Waals surface area contributed by atoms with Gasteiger partial charge in [0.05, 0.1) is 6.67 Å². The molecule has 0 atom stereocenters. The number of hydrogen-bond donors (Lipinski definition) is 2. The van der Waals surface area contributed by atoms with E-state index in [2.05, 4.69) is 25.4 Å². The number of benzene rings is 2. The fraction of sp³-hybridized carbons (Fsp3) is 0.346. The zero-order valence-corrected chi connectivity index (χ0v) is 18.7. The second-order valence-electron chi connectivity index (χ2n) is 8.91. The molecule has 0 bridgehead atoms. The first-order valence-electron chi connectivity index (χ1n) is 11.6. The highest BCUT2D eigenvalue weighted by Gasteiger charge is 2.49. The van der Waals surface area contributed by atoms with Crippen molar-refractivity contribution in [3.63, 3.8) is 0 Å². The smallest absolute Gasteiger partial charge is 0.251 e. The fourth-order valence-corrected chi connectivity index (χ4v) is 4.99. The second kappa shape index (κ2) is 9.29. The van der Waals surface area contributed by atoms with Crippen molar-refractivity contribution >= 4 is 22.6 Å². The molecule has 2 saturated heterocycles. The molecule has 0 unspecified atom stereocenters. The van der Waals surface area contributed by atoms with Crippen LogP contribution in [0.15, 0.2) is 67.0 Å². The van der Waals surface area contributed by atoms with E-state index in [1.807, 2.05) is 54.6 Å². The molecule has 2 N–H and O–H groups in total. The van der Waals surface area contributed by atoms with Crippen molar-refractivity contribution in [3.8, 4) is 0 Å². The summed E-state index contributed by atoms with van der Waals surface area (Å²) in [6.45, 7) is 4.37. The van der Waals surface area contributed by atoms with Crippen LogP contribution in [0.4, 0.5) is 0 Å². The van der Waals surface area contributed by atoms with Crippen LogP contribution in [0.3, 0.4) is 0 Å². The molecular weight excluding hydrogens is 414 g/mol. The number of rotatable bonds is 6. The number of pyridine rings is 1. The van der Waals surface area contributed by atoms with Gasteiger partial charge in [0.2, 0.25) is 5.91 Å². The van der Waals surface area contributed by atoms with Crippen molar-refractivity contribution in [1.29, 1.82) is 0 Å². The Morgan fingerprint density at radius 2 is 1.79 bits per heavy atom. The number of nitrogens with one attached hydrogen (secondary N) is 2. The molecule has 0 aliphatic carbocycles. The summed E-state index contributed by atoms with van der Waals surface area (Å²) in [6.07, 6.45) is 5.18. The van der Waals surface area contributed by atoms with Gasteiger partial charge in [-0.05, 0) is 53.4 Å². The lowest BCUT2D eigenvalue weighted by Gasteiger charge is -2.42. The Labute approximate surface area is 193 Å². The van der Waals surface area contributed by atoms with Crippen molar-refractivity contribution in [1.82, 2.24) is 25.4 Å². The van der Waals surface area contributed by atoms with Crippen LogP contribution >= 0.6 is 0 Å². The Kier molecular flexibility index (Phi) is 6.07. The predicted molar refractivity (Wildman–Crippen MR) is 127 cm³/mol. The monoisotopic (exact) mass is 443 g/mol. The maximum absolute atomic E-state index is 12.8. The largest absolute Gasteiger partial charge is 0.351 e. The third kappa shape index (κ3) is 4.47. The zero-order chi connectivity index (χ0) is 22.7. The zero-order valence-electron chi connectivity index (χ0n) is 18.7. The third-order valence-electron chi connectivity index (χ3n) is 6.99. The SMILES string of the molecule is O=C(NCCN1CCC2(CC1)C(=O)NCN2Cc1ccncc1)c1ccc2ccccc2c1. The van der Waals surface area contributed by atoms with E-state index < -0.39 is 5.54 Å². The number of likely N-dealkylation sites (tertiary alicyclic amines) is 1. The van der Waals surface area contributed by atoms with E-state index in [0.29, 0.717) is 18.8 Å². The van der Waals surface area contributed by atoms with Crippen LogP contribution < -0.4 is 10.6 Å². The average molecular weight is 444 g/mol. The maximum atomic E-state index is 12.8. The lowest BCUT2D eigenvalue weighted by molar-refractivity contribution is -0.129. The number of fused-ring (bicyclic) bond motifs is 1. The van der Waals surface area contributed by atoms with Gasteiger partial charge in [0.25, 0.3) is 5.91 Å². The first-order chi connectivity index (χ1) is 16.1. The Morgan fingerprint density at radius 1 is 1.03 bits per heavy atom. The first-order valence-corrected chi connectivity index (χ1v) is 11.6. The predicted octanol–water partition coefficient (Wildman–Crippen LogP) is 2.39. The molecule has 1 aromatic heterocycles. The van der Waals surface area contributed by atoms with Crippen LogP contribution in [0.1, 0.15) is 28.8 Å². The average Bonchev–Trinajstić information content (AvgIpc) is 3.15. The van der Waals surface area contributed by atoms with E-state index in [4.69, 9.17) is 0 Å². The topological polar surface area (TPSA) is 77.6 Å². The van der Waals surface area contributed by atoms with Crippen LogP contribution in [-0.4, -0.2) is 65.0 Å². The van der Waals surface area contributed by atoms with E-state index in [9.17, 15) is 9.59 Å². The van der Waals surface area contributed by atoms with E-state index >= 15 is 0 Å². The molecule has 170 valence electrons. The number of carbonyl (C=O) groups is 2. The Hall–Kier alpha value is -3.29. The van der Waals surface area contributed by atoms with Gasteiger partial charge in [-0.25, -0.2) is 0 Å². The molecule has 2 amide bonds. The Bertz CT molecular complexity index is 1140. The van der Waals surface area contributed by atoms with Crippen LogP contribution in [0.2, 0.25) is 0 Å². The van der Waals surface area contributed by atoms with Crippen LogP contribution in [0.5, 0.6) is 0 Å². The minimum atomic E-state index is -0.436. The van der Waals surface area contributed by atoms with Gasteiger partial charge in [0.15, 0.2) is 0 Å². The molecule has 2 aliphatic rings. The molecule has 7 nitrogen and oxygen atoms in total. The molecule has 0 saturated carbocycles. The molecule has 5 rings (SSSR count). The summed E-state index contributed by atoms with van der Waals surface area (Å²) in [6, 6.07) is 17.8. The highest BCUT2D eigenvalue weighted by molar-refractivity contribution is 5.98. The number of amides is 2. The van der Waals surface area contributed by atoms with Crippen LogP contribution in [0.25, 0.3) is 10.8 Å². The van der Waals surface area contributed by atoms with Gasteiger partial charge in [0.1, 0.15) is 5.54 Å². The second-order valence-corrected chi connectivity index (χ2v) is 8.91. The van der Waals surface area contributed by atoms with Crippen LogP contribution in [-0.2, 0) is 11.3 Å². The van der Waals surface area contributed by atoms with E-state index in [0.717, 1.165) is 49.8 Å². The summed E-state index contributed by atoms with van der Waals surface area (Å²) < 4.78 is 0. The van der Waals surface area contributed by atoms with Crippen LogP contribution in [0, 0.1) is 0 Å². The summed E-state index contributed by atoms with van der Waals surface area (Å²) in [5, 5.41) is 8.29. The number of nitrogens with zero attached hydrogens (tertiary/aromatic N) is 3. The minimum Gasteiger partial charge on any atom is -0.351 e. The van der Waals surface area contributed by atoms with Gasteiger partial charge < -0.3 is 15.5 Å². The number of piperidine rings is 1. The lowest BCUT2D eigenvalue weighted by atomic mass is 9.86. The minimum absolute atomic E-state index is 0.0482. The number of aromatic nitrogens is 1. The molecule has 7 heteroatoms. The van der Waals surface area contributed by atoms with Crippen molar-refractivity contribution in [2.75, 3.05) is 32.8 Å². The molecule has 33 heavy (non-hydrogen) atoms. The lowest BCUT2D eigenvalue weighted by Crippen LogP contribution is -2.56. The van der Waals surface area contributed by atoms with Crippen molar-refractivity contribution in [2.45, 2.75) is 24.9 Å². The number of hydrogen-bond acceptors (Lipinski definition) is 5. The van der Waals surface area contributed by atoms with Crippen molar-refractivity contribution in [2.24, 2.45) is 0 Å². The van der Waals surface area contributed by atoms with Gasteiger partial charge in [-0.15, -0.1) is 0 Å². The number of carbonyl (C=O) groups excluding carboxylic acids is 2. The Balaban J connectivity index is 1.13. The third-order valence-corrected chi connectivity index (χ3v) is 6.99. The highest BCUT2D eigenvalue weighted by Crippen LogP contribution is 2.33. The molecule has 2 aliphatic heterocycles. The quantitative estimate of drug-likeness (QED) is 0.612. The van der Waals surface area contributed by atoms with Gasteiger partial charge >= 0.3 is 0 Å². The van der Waals surface area contributed by atoms with Crippen molar-refractivity contribution in [3.05, 3.63) is 78.1 Å². The summed E-state index contributed by atoms with van der Waals surface area (Å²) in [7, 11) is 0. The Morgan fingerprint density at radius 3 is 2.58 bits per heavy atom. The maximum Gasteiger partial charge on any atom is 0.251 e.